The predicted octanol–water partition coefficient (Wildman–Crippen LogP) is 6.61. The SMILES string of the molecule is CCc1cccc(CC)c1-c1cc(OC(C)C)c(COc2cccc(N(C)C)c2)c(C)n1. The first kappa shape index (κ1) is 23.6. The van der Waals surface area contributed by atoms with Gasteiger partial charge in [-0.15, -0.1) is 0 Å². The van der Waals surface area contributed by atoms with E-state index in [2.05, 4.69) is 62.9 Å². The van der Waals surface area contributed by atoms with Crippen molar-refractivity contribution in [2.24, 2.45) is 0 Å². The molecule has 32 heavy (non-hydrogen) atoms. The molecule has 0 unspecified atom stereocenters. The summed E-state index contributed by atoms with van der Waals surface area (Å²) in [5.74, 6) is 1.68. The molecule has 0 atom stereocenters. The highest BCUT2D eigenvalue weighted by atomic mass is 16.5. The lowest BCUT2D eigenvalue weighted by Gasteiger charge is -2.20. The van der Waals surface area contributed by atoms with Crippen LogP contribution in [0.15, 0.2) is 48.5 Å². The number of hydrogen-bond donors (Lipinski definition) is 0. The van der Waals surface area contributed by atoms with Crippen molar-refractivity contribution >= 4 is 5.69 Å². The van der Waals surface area contributed by atoms with Crippen LogP contribution in [-0.4, -0.2) is 25.2 Å². The number of rotatable bonds is 9. The van der Waals surface area contributed by atoms with E-state index in [0.717, 1.165) is 47.0 Å². The van der Waals surface area contributed by atoms with Gasteiger partial charge in [0.05, 0.1) is 17.4 Å². The van der Waals surface area contributed by atoms with Crippen LogP contribution in [0.2, 0.25) is 0 Å². The van der Waals surface area contributed by atoms with Crippen LogP contribution in [0.25, 0.3) is 11.3 Å². The Morgan fingerprint density at radius 3 is 2.19 bits per heavy atom. The number of aromatic nitrogens is 1. The maximum absolute atomic E-state index is 6.26. The summed E-state index contributed by atoms with van der Waals surface area (Å²) in [5, 5.41) is 0. The number of anilines is 1. The molecule has 3 rings (SSSR count). The molecule has 4 nitrogen and oxygen atoms in total. The molecule has 3 aromatic rings. The fourth-order valence-corrected chi connectivity index (χ4v) is 3.91. The number of ether oxygens (including phenoxy) is 2. The minimum atomic E-state index is 0.0625. The van der Waals surface area contributed by atoms with E-state index < -0.39 is 0 Å². The largest absolute Gasteiger partial charge is 0.490 e. The molecule has 0 aliphatic heterocycles. The zero-order chi connectivity index (χ0) is 23.3. The van der Waals surface area contributed by atoms with Crippen molar-refractivity contribution in [3.05, 3.63) is 70.9 Å². The van der Waals surface area contributed by atoms with Crippen LogP contribution in [0, 0.1) is 6.92 Å². The fourth-order valence-electron chi connectivity index (χ4n) is 3.91. The van der Waals surface area contributed by atoms with Gasteiger partial charge in [0.1, 0.15) is 18.1 Å². The lowest BCUT2D eigenvalue weighted by atomic mass is 9.94. The summed E-state index contributed by atoms with van der Waals surface area (Å²) in [6, 6.07) is 16.7. The Morgan fingerprint density at radius 2 is 1.59 bits per heavy atom. The smallest absolute Gasteiger partial charge is 0.130 e. The highest BCUT2D eigenvalue weighted by Crippen LogP contribution is 2.34. The first-order chi connectivity index (χ1) is 15.3. The van der Waals surface area contributed by atoms with Gasteiger partial charge >= 0.3 is 0 Å². The van der Waals surface area contributed by atoms with Gasteiger partial charge in [0.2, 0.25) is 0 Å². The first-order valence-electron chi connectivity index (χ1n) is 11.5. The summed E-state index contributed by atoms with van der Waals surface area (Å²) in [6.07, 6.45) is 2.00. The Kier molecular flexibility index (Phi) is 7.79. The maximum Gasteiger partial charge on any atom is 0.130 e. The van der Waals surface area contributed by atoms with Crippen LogP contribution < -0.4 is 14.4 Å². The van der Waals surface area contributed by atoms with E-state index in [1.54, 1.807) is 0 Å². The molecule has 0 amide bonds. The van der Waals surface area contributed by atoms with Gasteiger partial charge in [-0.1, -0.05) is 38.1 Å². The van der Waals surface area contributed by atoms with Gasteiger partial charge in [-0.05, 0) is 56.9 Å². The Bertz CT molecular complexity index is 1040. The highest BCUT2D eigenvalue weighted by Gasteiger charge is 2.18. The van der Waals surface area contributed by atoms with Crippen LogP contribution >= 0.6 is 0 Å². The molecule has 0 radical (unpaired) electrons. The fraction of sp³-hybridized carbons (Fsp3) is 0.393. The molecule has 1 aromatic heterocycles. The summed E-state index contributed by atoms with van der Waals surface area (Å²) >= 11 is 0. The van der Waals surface area contributed by atoms with Crippen LogP contribution in [0.1, 0.15) is 50.1 Å². The lowest BCUT2D eigenvalue weighted by molar-refractivity contribution is 0.229. The second-order valence-corrected chi connectivity index (χ2v) is 8.58. The van der Waals surface area contributed by atoms with Gasteiger partial charge < -0.3 is 14.4 Å². The summed E-state index contributed by atoms with van der Waals surface area (Å²) in [7, 11) is 4.05. The third kappa shape index (κ3) is 5.42. The van der Waals surface area contributed by atoms with Gasteiger partial charge in [0.15, 0.2) is 0 Å². The van der Waals surface area contributed by atoms with Crippen molar-refractivity contribution in [3.63, 3.8) is 0 Å². The molecule has 1 heterocycles. The van der Waals surface area contributed by atoms with Crippen LogP contribution in [-0.2, 0) is 19.4 Å². The quantitative estimate of drug-likeness (QED) is 0.381. The van der Waals surface area contributed by atoms with Crippen molar-refractivity contribution in [1.29, 1.82) is 0 Å². The molecule has 0 saturated heterocycles. The molecule has 4 heteroatoms. The van der Waals surface area contributed by atoms with E-state index in [9.17, 15) is 0 Å². The minimum Gasteiger partial charge on any atom is -0.490 e. The van der Waals surface area contributed by atoms with Gasteiger partial charge in [-0.3, -0.25) is 4.98 Å². The Morgan fingerprint density at radius 1 is 0.938 bits per heavy atom. The van der Waals surface area contributed by atoms with E-state index >= 15 is 0 Å². The third-order valence-corrected chi connectivity index (χ3v) is 5.62. The highest BCUT2D eigenvalue weighted by molar-refractivity contribution is 5.70. The van der Waals surface area contributed by atoms with Crippen molar-refractivity contribution < 1.29 is 9.47 Å². The third-order valence-electron chi connectivity index (χ3n) is 5.62. The molecule has 170 valence electrons. The summed E-state index contributed by atoms with van der Waals surface area (Å²) in [5.41, 5.74) is 7.88. The van der Waals surface area contributed by atoms with Crippen molar-refractivity contribution in [2.75, 3.05) is 19.0 Å². The van der Waals surface area contributed by atoms with Crippen molar-refractivity contribution in [2.45, 2.75) is 60.2 Å². The van der Waals surface area contributed by atoms with E-state index in [4.69, 9.17) is 14.5 Å². The molecule has 0 N–H and O–H groups in total. The summed E-state index contributed by atoms with van der Waals surface area (Å²) in [6.45, 7) is 11.0. The average Bonchev–Trinajstić information content (AvgIpc) is 2.77. The number of pyridine rings is 1. The molecule has 0 aliphatic carbocycles. The zero-order valence-corrected chi connectivity index (χ0v) is 20.5. The van der Waals surface area contributed by atoms with Gasteiger partial charge in [-0.2, -0.15) is 0 Å². The minimum absolute atomic E-state index is 0.0625. The van der Waals surface area contributed by atoms with E-state index in [-0.39, 0.29) is 6.10 Å². The van der Waals surface area contributed by atoms with Crippen molar-refractivity contribution in [3.8, 4) is 22.8 Å². The standard InChI is InChI=1S/C28H36N2O2/c1-8-21-12-10-13-22(9-2)28(21)26-17-27(32-19(3)4)25(20(5)29-26)18-31-24-15-11-14-23(16-24)30(6)7/h10-17,19H,8-9,18H2,1-7H3. The second-order valence-electron chi connectivity index (χ2n) is 8.58. The molecular formula is C28H36N2O2. The van der Waals surface area contributed by atoms with E-state index in [0.29, 0.717) is 6.61 Å². The molecule has 0 saturated carbocycles. The number of hydrogen-bond acceptors (Lipinski definition) is 4. The molecule has 0 aliphatic rings. The second kappa shape index (κ2) is 10.5. The zero-order valence-electron chi connectivity index (χ0n) is 20.5. The Hall–Kier alpha value is -3.01. The van der Waals surface area contributed by atoms with Gasteiger partial charge in [0.25, 0.3) is 0 Å². The molecule has 0 bridgehead atoms. The van der Waals surface area contributed by atoms with Crippen molar-refractivity contribution in [1.82, 2.24) is 4.98 Å². The lowest BCUT2D eigenvalue weighted by Crippen LogP contribution is -2.12. The number of nitrogens with zero attached hydrogens (tertiary/aromatic N) is 2. The van der Waals surface area contributed by atoms with Crippen LogP contribution in [0.4, 0.5) is 5.69 Å². The number of benzene rings is 2. The topological polar surface area (TPSA) is 34.6 Å². The molecular weight excluding hydrogens is 396 g/mol. The van der Waals surface area contributed by atoms with Gasteiger partial charge in [-0.25, -0.2) is 0 Å². The maximum atomic E-state index is 6.26. The normalized spacial score (nSPS) is 11.0. The molecule has 2 aromatic carbocycles. The summed E-state index contributed by atoms with van der Waals surface area (Å²) < 4.78 is 12.4. The monoisotopic (exact) mass is 432 g/mol. The van der Waals surface area contributed by atoms with E-state index in [1.165, 1.54) is 16.7 Å². The Balaban J connectivity index is 2.01. The summed E-state index contributed by atoms with van der Waals surface area (Å²) in [4.78, 5) is 7.09. The first-order valence-corrected chi connectivity index (χ1v) is 11.5. The van der Waals surface area contributed by atoms with Gasteiger partial charge in [0, 0.05) is 43.2 Å². The van der Waals surface area contributed by atoms with Crippen LogP contribution in [0.5, 0.6) is 11.5 Å². The average molecular weight is 433 g/mol. The number of aryl methyl sites for hydroxylation is 3. The predicted molar refractivity (Wildman–Crippen MR) is 134 cm³/mol. The van der Waals surface area contributed by atoms with E-state index in [1.807, 2.05) is 39.2 Å². The molecule has 0 spiro atoms. The Labute approximate surface area is 193 Å². The molecule has 0 fully saturated rings. The van der Waals surface area contributed by atoms with Crippen LogP contribution in [0.3, 0.4) is 0 Å².